The zero-order valence-electron chi connectivity index (χ0n) is 5.97. The Bertz CT molecular complexity index is 154. The first-order chi connectivity index (χ1) is 4.88. The molecule has 0 aromatic heterocycles. The molecule has 1 saturated carbocycles. The Morgan fingerprint density at radius 2 is 2.30 bits per heavy atom. The second-order valence-corrected chi connectivity index (χ2v) is 3.01. The van der Waals surface area contributed by atoms with E-state index in [2.05, 4.69) is 5.43 Å². The van der Waals surface area contributed by atoms with Gasteiger partial charge in [-0.15, -0.1) is 0 Å². The first-order valence-corrected chi connectivity index (χ1v) is 3.93. The number of carbonyl (C=O) groups excluding carboxylic acids is 1. The van der Waals surface area contributed by atoms with Crippen molar-refractivity contribution in [3.05, 3.63) is 0 Å². The van der Waals surface area contributed by atoms with Crippen LogP contribution < -0.4 is 5.43 Å². The molecule has 2 rings (SSSR count). The van der Waals surface area contributed by atoms with Gasteiger partial charge in [0, 0.05) is 19.0 Å². The molecule has 2 fully saturated rings. The fourth-order valence-corrected chi connectivity index (χ4v) is 1.47. The van der Waals surface area contributed by atoms with Gasteiger partial charge in [-0.25, -0.2) is 5.43 Å². The van der Waals surface area contributed by atoms with Crippen molar-refractivity contribution in [2.45, 2.75) is 31.7 Å². The number of hydrogen-bond donors (Lipinski definition) is 1. The maximum Gasteiger partial charge on any atom is 0.238 e. The fraction of sp³-hybridized carbons (Fsp3) is 0.857. The number of nitrogens with zero attached hydrogens (tertiary/aromatic N) is 1. The van der Waals surface area contributed by atoms with Crippen LogP contribution in [0.2, 0.25) is 0 Å². The van der Waals surface area contributed by atoms with Crippen LogP contribution in [0.3, 0.4) is 0 Å². The Balaban J connectivity index is 1.96. The van der Waals surface area contributed by atoms with Gasteiger partial charge in [-0.05, 0) is 19.3 Å². The molecule has 56 valence electrons. The van der Waals surface area contributed by atoms with E-state index < -0.39 is 0 Å². The Hall–Kier alpha value is -0.570. The summed E-state index contributed by atoms with van der Waals surface area (Å²) in [4.78, 5) is 11.1. The highest BCUT2D eigenvalue weighted by Gasteiger charge is 2.31. The average molecular weight is 140 g/mol. The van der Waals surface area contributed by atoms with Crippen molar-refractivity contribution in [3.63, 3.8) is 0 Å². The molecule has 0 spiro atoms. The molecular weight excluding hydrogens is 128 g/mol. The standard InChI is InChI=1S/C7H12N2O/c10-7-4-5-8-9(7)6-2-1-3-6/h6,8H,1-5H2. The number of hydrogen-bond acceptors (Lipinski definition) is 2. The molecule has 2 aliphatic rings. The Labute approximate surface area is 60.4 Å². The molecule has 1 aliphatic heterocycles. The first-order valence-electron chi connectivity index (χ1n) is 3.93. The Morgan fingerprint density at radius 1 is 1.50 bits per heavy atom. The van der Waals surface area contributed by atoms with Gasteiger partial charge in [-0.2, -0.15) is 0 Å². The predicted molar refractivity (Wildman–Crippen MR) is 37.1 cm³/mol. The third-order valence-electron chi connectivity index (χ3n) is 2.33. The summed E-state index contributed by atoms with van der Waals surface area (Å²) in [6, 6.07) is 0.523. The number of carbonyl (C=O) groups is 1. The lowest BCUT2D eigenvalue weighted by Gasteiger charge is -2.33. The molecule has 1 amide bonds. The third kappa shape index (κ3) is 0.814. The van der Waals surface area contributed by atoms with Crippen LogP contribution in [0.1, 0.15) is 25.7 Å². The molecule has 0 radical (unpaired) electrons. The minimum Gasteiger partial charge on any atom is -0.275 e. The van der Waals surface area contributed by atoms with E-state index in [-0.39, 0.29) is 5.91 Å². The van der Waals surface area contributed by atoms with E-state index in [1.165, 1.54) is 19.3 Å². The minimum atomic E-state index is 0.282. The average Bonchev–Trinajstić information content (AvgIpc) is 2.12. The second-order valence-electron chi connectivity index (χ2n) is 3.01. The molecule has 1 saturated heterocycles. The summed E-state index contributed by atoms with van der Waals surface area (Å²) in [7, 11) is 0. The van der Waals surface area contributed by atoms with Gasteiger partial charge in [0.15, 0.2) is 0 Å². The van der Waals surface area contributed by atoms with Gasteiger partial charge in [-0.1, -0.05) is 0 Å². The normalized spacial score (nSPS) is 27.2. The second kappa shape index (κ2) is 2.23. The van der Waals surface area contributed by atoms with Gasteiger partial charge in [-0.3, -0.25) is 9.80 Å². The molecule has 0 aromatic carbocycles. The van der Waals surface area contributed by atoms with E-state index >= 15 is 0 Å². The predicted octanol–water partition coefficient (Wildman–Crippen LogP) is 0.276. The molecule has 0 bridgehead atoms. The largest absolute Gasteiger partial charge is 0.275 e. The lowest BCUT2D eigenvalue weighted by atomic mass is 9.93. The maximum absolute atomic E-state index is 11.1. The van der Waals surface area contributed by atoms with Crippen LogP contribution in [-0.4, -0.2) is 23.5 Å². The lowest BCUT2D eigenvalue weighted by Crippen LogP contribution is -2.46. The summed E-state index contributed by atoms with van der Waals surface area (Å²) in [5, 5.41) is 1.82. The summed E-state index contributed by atoms with van der Waals surface area (Å²) in [5.74, 6) is 0.282. The molecule has 0 aromatic rings. The van der Waals surface area contributed by atoms with Gasteiger partial charge in [0.1, 0.15) is 0 Å². The highest BCUT2D eigenvalue weighted by molar-refractivity contribution is 5.78. The van der Waals surface area contributed by atoms with Crippen LogP contribution in [0.15, 0.2) is 0 Å². The summed E-state index contributed by atoms with van der Waals surface area (Å²) >= 11 is 0. The van der Waals surface area contributed by atoms with E-state index in [1.807, 2.05) is 5.01 Å². The van der Waals surface area contributed by atoms with Gasteiger partial charge in [0.2, 0.25) is 5.91 Å². The van der Waals surface area contributed by atoms with Crippen LogP contribution in [0.4, 0.5) is 0 Å². The number of amides is 1. The van der Waals surface area contributed by atoms with Crippen molar-refractivity contribution >= 4 is 5.91 Å². The van der Waals surface area contributed by atoms with Crippen molar-refractivity contribution in [2.75, 3.05) is 6.54 Å². The summed E-state index contributed by atoms with van der Waals surface area (Å²) in [5.41, 5.74) is 3.09. The summed E-state index contributed by atoms with van der Waals surface area (Å²) in [6.07, 6.45) is 4.37. The molecule has 3 nitrogen and oxygen atoms in total. The molecule has 1 heterocycles. The number of hydrazine groups is 1. The maximum atomic E-state index is 11.1. The third-order valence-corrected chi connectivity index (χ3v) is 2.33. The highest BCUT2D eigenvalue weighted by Crippen LogP contribution is 2.25. The van der Waals surface area contributed by atoms with Crippen molar-refractivity contribution < 1.29 is 4.79 Å². The van der Waals surface area contributed by atoms with Crippen LogP contribution in [0.25, 0.3) is 0 Å². The molecule has 3 heteroatoms. The molecular formula is C7H12N2O. The molecule has 0 atom stereocenters. The first kappa shape index (κ1) is 6.16. The van der Waals surface area contributed by atoms with Crippen molar-refractivity contribution in [3.8, 4) is 0 Å². The van der Waals surface area contributed by atoms with Gasteiger partial charge >= 0.3 is 0 Å². The number of rotatable bonds is 1. The van der Waals surface area contributed by atoms with E-state index in [1.54, 1.807) is 0 Å². The smallest absolute Gasteiger partial charge is 0.238 e. The van der Waals surface area contributed by atoms with Crippen LogP contribution in [0, 0.1) is 0 Å². The number of nitrogens with one attached hydrogen (secondary N) is 1. The molecule has 0 unspecified atom stereocenters. The van der Waals surface area contributed by atoms with Crippen LogP contribution in [-0.2, 0) is 4.79 Å². The zero-order valence-corrected chi connectivity index (χ0v) is 5.97. The minimum absolute atomic E-state index is 0.282. The van der Waals surface area contributed by atoms with Crippen molar-refractivity contribution in [1.82, 2.24) is 10.4 Å². The molecule has 1 aliphatic carbocycles. The zero-order chi connectivity index (χ0) is 6.97. The van der Waals surface area contributed by atoms with Crippen molar-refractivity contribution in [1.29, 1.82) is 0 Å². The lowest BCUT2D eigenvalue weighted by molar-refractivity contribution is -0.133. The van der Waals surface area contributed by atoms with E-state index in [0.29, 0.717) is 12.5 Å². The monoisotopic (exact) mass is 140 g/mol. The van der Waals surface area contributed by atoms with E-state index in [4.69, 9.17) is 0 Å². The SMILES string of the molecule is O=C1CCNN1C1CCC1. The van der Waals surface area contributed by atoms with E-state index in [9.17, 15) is 4.79 Å². The Morgan fingerprint density at radius 3 is 2.70 bits per heavy atom. The molecule has 10 heavy (non-hydrogen) atoms. The quantitative estimate of drug-likeness (QED) is 0.567. The van der Waals surface area contributed by atoms with E-state index in [0.717, 1.165) is 6.54 Å². The van der Waals surface area contributed by atoms with Gasteiger partial charge < -0.3 is 0 Å². The van der Waals surface area contributed by atoms with Crippen LogP contribution >= 0.6 is 0 Å². The van der Waals surface area contributed by atoms with Crippen molar-refractivity contribution in [2.24, 2.45) is 0 Å². The van der Waals surface area contributed by atoms with Gasteiger partial charge in [0.05, 0.1) is 0 Å². The summed E-state index contributed by atoms with van der Waals surface area (Å²) in [6.45, 7) is 0.843. The topological polar surface area (TPSA) is 32.3 Å². The Kier molecular flexibility index (Phi) is 1.38. The van der Waals surface area contributed by atoms with Gasteiger partial charge in [0.25, 0.3) is 0 Å². The van der Waals surface area contributed by atoms with Crippen LogP contribution in [0.5, 0.6) is 0 Å². The summed E-state index contributed by atoms with van der Waals surface area (Å²) < 4.78 is 0. The fourth-order valence-electron chi connectivity index (χ4n) is 1.47. The highest BCUT2D eigenvalue weighted by atomic mass is 16.2. The molecule has 1 N–H and O–H groups in total.